The fraction of sp³-hybridized carbons (Fsp3) is 0.667. The van der Waals surface area contributed by atoms with Gasteiger partial charge in [-0.1, -0.05) is 6.07 Å². The minimum absolute atomic E-state index is 0.00917. The lowest BCUT2D eigenvalue weighted by molar-refractivity contribution is -0.146. The number of rotatable bonds is 6. The van der Waals surface area contributed by atoms with Gasteiger partial charge in [-0.25, -0.2) is 0 Å². The Morgan fingerprint density at radius 3 is 2.76 bits per heavy atom. The van der Waals surface area contributed by atoms with Crippen molar-refractivity contribution in [2.45, 2.75) is 24.5 Å². The van der Waals surface area contributed by atoms with Gasteiger partial charge < -0.3 is 20.3 Å². The first kappa shape index (κ1) is 16.4. The predicted octanol–water partition coefficient (Wildman–Crippen LogP) is 1.24. The molecule has 0 spiro atoms. The van der Waals surface area contributed by atoms with Gasteiger partial charge in [-0.2, -0.15) is 0 Å². The zero-order chi connectivity index (χ0) is 15.3. The molecule has 2 heterocycles. The summed E-state index contributed by atoms with van der Waals surface area (Å²) in [6.45, 7) is 2.25. The van der Waals surface area contributed by atoms with Crippen molar-refractivity contribution in [2.24, 2.45) is 0 Å². The van der Waals surface area contributed by atoms with Crippen LogP contribution in [0.1, 0.15) is 23.8 Å². The molecule has 1 amide bonds. The number of amides is 1. The van der Waals surface area contributed by atoms with Crippen molar-refractivity contribution in [1.82, 2.24) is 15.5 Å². The zero-order valence-corrected chi connectivity index (χ0v) is 13.8. The third-order valence-corrected chi connectivity index (χ3v) is 5.14. The van der Waals surface area contributed by atoms with Crippen molar-refractivity contribution in [3.63, 3.8) is 0 Å². The SMILES string of the molecule is COC1(C(=O)NCC(c2cccs2)N(C)C)CCNCC1. The fourth-order valence-electron chi connectivity index (χ4n) is 2.72. The van der Waals surface area contributed by atoms with Crippen molar-refractivity contribution >= 4 is 17.2 Å². The van der Waals surface area contributed by atoms with E-state index < -0.39 is 5.60 Å². The molecule has 1 atom stereocenters. The van der Waals surface area contributed by atoms with E-state index in [1.165, 1.54) is 4.88 Å². The number of nitrogens with zero attached hydrogens (tertiary/aromatic N) is 1. The van der Waals surface area contributed by atoms with Gasteiger partial charge in [0.05, 0.1) is 6.04 Å². The summed E-state index contributed by atoms with van der Waals surface area (Å²) in [6, 6.07) is 4.35. The molecule has 1 aliphatic rings. The van der Waals surface area contributed by atoms with Crippen LogP contribution in [0.25, 0.3) is 0 Å². The Hall–Kier alpha value is -0.950. The molecule has 0 aliphatic carbocycles. The van der Waals surface area contributed by atoms with Gasteiger partial charge in [0.15, 0.2) is 0 Å². The molecule has 1 unspecified atom stereocenters. The highest BCUT2D eigenvalue weighted by atomic mass is 32.1. The molecule has 2 rings (SSSR count). The van der Waals surface area contributed by atoms with Crippen LogP contribution in [0, 0.1) is 0 Å². The third-order valence-electron chi connectivity index (χ3n) is 4.17. The molecule has 1 fully saturated rings. The van der Waals surface area contributed by atoms with Gasteiger partial charge in [0.1, 0.15) is 5.60 Å². The van der Waals surface area contributed by atoms with Crippen LogP contribution in [0.3, 0.4) is 0 Å². The van der Waals surface area contributed by atoms with Crippen molar-refractivity contribution in [3.8, 4) is 0 Å². The van der Waals surface area contributed by atoms with Crippen molar-refractivity contribution in [3.05, 3.63) is 22.4 Å². The van der Waals surface area contributed by atoms with Crippen LogP contribution in [0.5, 0.6) is 0 Å². The number of thiophene rings is 1. The first-order valence-electron chi connectivity index (χ1n) is 7.33. The molecule has 0 bridgehead atoms. The molecule has 6 heteroatoms. The summed E-state index contributed by atoms with van der Waals surface area (Å²) < 4.78 is 5.56. The lowest BCUT2D eigenvalue weighted by Gasteiger charge is -2.35. The second-order valence-corrected chi connectivity index (χ2v) is 6.63. The maximum atomic E-state index is 12.6. The molecule has 0 saturated carbocycles. The zero-order valence-electron chi connectivity index (χ0n) is 13.0. The second-order valence-electron chi connectivity index (χ2n) is 5.65. The minimum Gasteiger partial charge on any atom is -0.368 e. The molecule has 1 aromatic heterocycles. The molecular formula is C15H25N3O2S. The minimum atomic E-state index is -0.669. The Balaban J connectivity index is 1.98. The molecule has 0 radical (unpaired) electrons. The van der Waals surface area contributed by atoms with E-state index in [-0.39, 0.29) is 11.9 Å². The largest absolute Gasteiger partial charge is 0.368 e. The summed E-state index contributed by atoms with van der Waals surface area (Å²) in [5.74, 6) is 0.00917. The van der Waals surface area contributed by atoms with Crippen molar-refractivity contribution in [1.29, 1.82) is 0 Å². The molecular weight excluding hydrogens is 286 g/mol. The number of carbonyl (C=O) groups is 1. The van der Waals surface area contributed by atoms with E-state index in [2.05, 4.69) is 27.0 Å². The smallest absolute Gasteiger partial charge is 0.252 e. The van der Waals surface area contributed by atoms with E-state index >= 15 is 0 Å². The van der Waals surface area contributed by atoms with Crippen LogP contribution in [0.2, 0.25) is 0 Å². The monoisotopic (exact) mass is 311 g/mol. The maximum Gasteiger partial charge on any atom is 0.252 e. The summed E-state index contributed by atoms with van der Waals surface area (Å²) in [7, 11) is 5.70. The number of methoxy groups -OCH3 is 1. The normalized spacial score (nSPS) is 19.4. The van der Waals surface area contributed by atoms with Crippen LogP contribution in [0.4, 0.5) is 0 Å². The molecule has 21 heavy (non-hydrogen) atoms. The molecule has 0 aromatic carbocycles. The van der Waals surface area contributed by atoms with E-state index in [1.807, 2.05) is 20.2 Å². The first-order chi connectivity index (χ1) is 10.1. The van der Waals surface area contributed by atoms with E-state index in [4.69, 9.17) is 4.74 Å². The summed E-state index contributed by atoms with van der Waals surface area (Å²) >= 11 is 1.72. The average Bonchev–Trinajstić information content (AvgIpc) is 3.01. The van der Waals surface area contributed by atoms with Gasteiger partial charge in [-0.3, -0.25) is 4.79 Å². The summed E-state index contributed by atoms with van der Waals surface area (Å²) in [5.41, 5.74) is -0.669. The van der Waals surface area contributed by atoms with Gasteiger partial charge in [0, 0.05) is 18.5 Å². The van der Waals surface area contributed by atoms with Crippen molar-refractivity contribution in [2.75, 3.05) is 40.8 Å². The number of hydrogen-bond acceptors (Lipinski definition) is 5. The third kappa shape index (κ3) is 3.83. The highest BCUT2D eigenvalue weighted by molar-refractivity contribution is 7.10. The highest BCUT2D eigenvalue weighted by Crippen LogP contribution is 2.25. The molecule has 1 aromatic rings. The number of hydrogen-bond donors (Lipinski definition) is 2. The summed E-state index contributed by atoms with van der Waals surface area (Å²) in [6.07, 6.45) is 1.45. The Morgan fingerprint density at radius 2 is 2.24 bits per heavy atom. The van der Waals surface area contributed by atoms with Gasteiger partial charge in [0.2, 0.25) is 0 Å². The van der Waals surface area contributed by atoms with E-state index in [0.717, 1.165) is 25.9 Å². The second kappa shape index (κ2) is 7.35. The van der Waals surface area contributed by atoms with Crippen molar-refractivity contribution < 1.29 is 9.53 Å². The van der Waals surface area contributed by atoms with Gasteiger partial charge in [-0.05, 0) is 51.5 Å². The topological polar surface area (TPSA) is 53.6 Å². The molecule has 1 saturated heterocycles. The van der Waals surface area contributed by atoms with Crippen LogP contribution >= 0.6 is 11.3 Å². The number of carbonyl (C=O) groups excluding carboxylic acids is 1. The first-order valence-corrected chi connectivity index (χ1v) is 8.21. The van der Waals surface area contributed by atoms with Gasteiger partial charge in [-0.15, -0.1) is 11.3 Å². The number of likely N-dealkylation sites (N-methyl/N-ethyl adjacent to an activating group) is 1. The summed E-state index contributed by atoms with van der Waals surface area (Å²) in [5, 5.41) is 8.42. The Morgan fingerprint density at radius 1 is 1.52 bits per heavy atom. The lowest BCUT2D eigenvalue weighted by Crippen LogP contribution is -2.55. The van der Waals surface area contributed by atoms with Crippen LogP contribution in [0.15, 0.2) is 17.5 Å². The molecule has 1 aliphatic heterocycles. The number of nitrogens with one attached hydrogen (secondary N) is 2. The van der Waals surface area contributed by atoms with Crippen LogP contribution in [-0.4, -0.2) is 57.2 Å². The standard InChI is InChI=1S/C15H25N3O2S/c1-18(2)12(13-5-4-10-21-13)11-17-14(19)15(20-3)6-8-16-9-7-15/h4-5,10,12,16H,6-9,11H2,1-3H3,(H,17,19). The lowest BCUT2D eigenvalue weighted by atomic mass is 9.91. The fourth-order valence-corrected chi connectivity index (χ4v) is 3.65. The van der Waals surface area contributed by atoms with E-state index in [1.54, 1.807) is 18.4 Å². The predicted molar refractivity (Wildman–Crippen MR) is 85.6 cm³/mol. The number of piperidine rings is 1. The quantitative estimate of drug-likeness (QED) is 0.830. The van der Waals surface area contributed by atoms with Crippen LogP contribution < -0.4 is 10.6 Å². The maximum absolute atomic E-state index is 12.6. The number of ether oxygens (including phenoxy) is 1. The van der Waals surface area contributed by atoms with Crippen LogP contribution in [-0.2, 0) is 9.53 Å². The Labute approximate surface area is 130 Å². The average molecular weight is 311 g/mol. The van der Waals surface area contributed by atoms with E-state index in [0.29, 0.717) is 6.54 Å². The summed E-state index contributed by atoms with van der Waals surface area (Å²) in [4.78, 5) is 16.0. The molecule has 2 N–H and O–H groups in total. The molecule has 118 valence electrons. The molecule has 5 nitrogen and oxygen atoms in total. The van der Waals surface area contributed by atoms with E-state index in [9.17, 15) is 4.79 Å². The van der Waals surface area contributed by atoms with Gasteiger partial charge in [0.25, 0.3) is 5.91 Å². The Kier molecular flexibility index (Phi) is 5.75. The van der Waals surface area contributed by atoms with Gasteiger partial charge >= 0.3 is 0 Å². The Bertz CT molecular complexity index is 442. The highest BCUT2D eigenvalue weighted by Gasteiger charge is 2.39.